The zero-order valence-electron chi connectivity index (χ0n) is 12.6. The Morgan fingerprint density at radius 1 is 1.43 bits per heavy atom. The van der Waals surface area contributed by atoms with Gasteiger partial charge in [0.2, 0.25) is 0 Å². The lowest BCUT2D eigenvalue weighted by Crippen LogP contribution is -2.35. The summed E-state index contributed by atoms with van der Waals surface area (Å²) >= 11 is 0. The van der Waals surface area contributed by atoms with Gasteiger partial charge in [0, 0.05) is 12.1 Å². The fourth-order valence-electron chi connectivity index (χ4n) is 2.30. The second-order valence-electron chi connectivity index (χ2n) is 5.93. The normalized spacial score (nSPS) is 18.4. The van der Waals surface area contributed by atoms with E-state index in [-0.39, 0.29) is 23.8 Å². The molecule has 2 N–H and O–H groups in total. The number of nitriles is 1. The average Bonchev–Trinajstić information content (AvgIpc) is 3.32. The molecule has 1 fully saturated rings. The molecular weight excluding hydrogens is 264 g/mol. The summed E-state index contributed by atoms with van der Waals surface area (Å²) in [4.78, 5) is 12.0. The van der Waals surface area contributed by atoms with Crippen LogP contribution in [0, 0.1) is 17.2 Å². The molecule has 21 heavy (non-hydrogen) atoms. The predicted octanol–water partition coefficient (Wildman–Crippen LogP) is 2.38. The molecule has 112 valence electrons. The van der Waals surface area contributed by atoms with Crippen LogP contribution in [0.4, 0.5) is 0 Å². The SMILES string of the molecule is CCC(C)C(O)CNC(=O)c1ccc(C2(C#N)CC2)cc1. The number of carbonyl (C=O) groups excluding carboxylic acids is 1. The van der Waals surface area contributed by atoms with Crippen molar-refractivity contribution in [1.29, 1.82) is 5.26 Å². The predicted molar refractivity (Wildman–Crippen MR) is 80.8 cm³/mol. The largest absolute Gasteiger partial charge is 0.391 e. The number of nitrogens with zero attached hydrogens (tertiary/aromatic N) is 1. The Morgan fingerprint density at radius 2 is 2.05 bits per heavy atom. The third-order valence-corrected chi connectivity index (χ3v) is 4.44. The van der Waals surface area contributed by atoms with Crippen molar-refractivity contribution < 1.29 is 9.90 Å². The molecule has 2 atom stereocenters. The van der Waals surface area contributed by atoms with Gasteiger partial charge in [-0.15, -0.1) is 0 Å². The minimum Gasteiger partial charge on any atom is -0.391 e. The molecule has 0 radical (unpaired) electrons. The Hall–Kier alpha value is -1.86. The Labute approximate surface area is 125 Å². The van der Waals surface area contributed by atoms with E-state index in [1.165, 1.54) is 0 Å². The molecule has 1 saturated carbocycles. The molecule has 0 heterocycles. The van der Waals surface area contributed by atoms with Crippen molar-refractivity contribution in [3.05, 3.63) is 35.4 Å². The standard InChI is InChI=1S/C17H22N2O2/c1-3-12(2)15(20)10-19-16(21)13-4-6-14(7-5-13)17(11-18)8-9-17/h4-7,12,15,20H,3,8-10H2,1-2H3,(H,19,21). The lowest BCUT2D eigenvalue weighted by molar-refractivity contribution is 0.0850. The quantitative estimate of drug-likeness (QED) is 0.843. The maximum absolute atomic E-state index is 12.0. The highest BCUT2D eigenvalue weighted by molar-refractivity contribution is 5.94. The molecule has 1 aliphatic carbocycles. The van der Waals surface area contributed by atoms with Crippen LogP contribution in [0.2, 0.25) is 0 Å². The summed E-state index contributed by atoms with van der Waals surface area (Å²) in [7, 11) is 0. The van der Waals surface area contributed by atoms with Crippen molar-refractivity contribution >= 4 is 5.91 Å². The molecule has 2 unspecified atom stereocenters. The van der Waals surface area contributed by atoms with E-state index < -0.39 is 6.10 Å². The van der Waals surface area contributed by atoms with E-state index in [1.54, 1.807) is 12.1 Å². The highest BCUT2D eigenvalue weighted by Crippen LogP contribution is 2.47. The lowest BCUT2D eigenvalue weighted by atomic mass is 9.96. The van der Waals surface area contributed by atoms with E-state index in [2.05, 4.69) is 11.4 Å². The van der Waals surface area contributed by atoms with Crippen LogP contribution >= 0.6 is 0 Å². The van der Waals surface area contributed by atoms with Gasteiger partial charge in [-0.25, -0.2) is 0 Å². The number of amides is 1. The van der Waals surface area contributed by atoms with Crippen molar-refractivity contribution in [1.82, 2.24) is 5.32 Å². The molecule has 0 spiro atoms. The monoisotopic (exact) mass is 286 g/mol. The first kappa shape index (κ1) is 15.5. The molecule has 1 aromatic carbocycles. The summed E-state index contributed by atoms with van der Waals surface area (Å²) in [5.41, 5.74) is 1.23. The van der Waals surface area contributed by atoms with E-state index in [1.807, 2.05) is 26.0 Å². The zero-order valence-corrected chi connectivity index (χ0v) is 12.6. The van der Waals surface area contributed by atoms with Gasteiger partial charge in [0.05, 0.1) is 17.6 Å². The number of hydrogen-bond donors (Lipinski definition) is 2. The highest BCUT2D eigenvalue weighted by atomic mass is 16.3. The molecule has 0 aromatic heterocycles. The van der Waals surface area contributed by atoms with E-state index in [0.29, 0.717) is 5.56 Å². The second kappa shape index (κ2) is 6.28. The first-order valence-electron chi connectivity index (χ1n) is 7.50. The van der Waals surface area contributed by atoms with Crippen LogP contribution in [-0.4, -0.2) is 23.7 Å². The molecule has 4 nitrogen and oxygen atoms in total. The fourth-order valence-corrected chi connectivity index (χ4v) is 2.30. The maximum atomic E-state index is 12.0. The number of rotatable bonds is 6. The summed E-state index contributed by atoms with van der Waals surface area (Å²) in [5.74, 6) is -0.0243. The molecule has 2 rings (SSSR count). The van der Waals surface area contributed by atoms with Gasteiger partial charge < -0.3 is 10.4 Å². The summed E-state index contributed by atoms with van der Waals surface area (Å²) in [5, 5.41) is 21.8. The van der Waals surface area contributed by atoms with Crippen molar-refractivity contribution in [2.75, 3.05) is 6.54 Å². The van der Waals surface area contributed by atoms with Gasteiger partial charge in [-0.1, -0.05) is 32.4 Å². The molecule has 1 aromatic rings. The van der Waals surface area contributed by atoms with Crippen LogP contribution < -0.4 is 5.32 Å². The zero-order chi connectivity index (χ0) is 15.5. The van der Waals surface area contributed by atoms with Gasteiger partial charge in [-0.05, 0) is 36.5 Å². The van der Waals surface area contributed by atoms with Gasteiger partial charge in [0.15, 0.2) is 0 Å². The Balaban J connectivity index is 1.93. The van der Waals surface area contributed by atoms with E-state index in [0.717, 1.165) is 24.8 Å². The third kappa shape index (κ3) is 3.43. The van der Waals surface area contributed by atoms with Crippen LogP contribution in [0.5, 0.6) is 0 Å². The Kier molecular flexibility index (Phi) is 4.64. The van der Waals surface area contributed by atoms with Gasteiger partial charge in [0.1, 0.15) is 0 Å². The fraction of sp³-hybridized carbons (Fsp3) is 0.529. The molecule has 4 heteroatoms. The third-order valence-electron chi connectivity index (χ3n) is 4.44. The molecule has 0 aliphatic heterocycles. The maximum Gasteiger partial charge on any atom is 0.251 e. The summed E-state index contributed by atoms with van der Waals surface area (Å²) in [6, 6.07) is 9.55. The van der Waals surface area contributed by atoms with Gasteiger partial charge in [0.25, 0.3) is 5.91 Å². The number of carbonyl (C=O) groups is 1. The minimum absolute atomic E-state index is 0.165. The van der Waals surface area contributed by atoms with Crippen LogP contribution in [0.3, 0.4) is 0 Å². The number of benzene rings is 1. The molecule has 0 bridgehead atoms. The molecule has 1 aliphatic rings. The van der Waals surface area contributed by atoms with Crippen molar-refractivity contribution in [3.8, 4) is 6.07 Å². The minimum atomic E-state index is -0.522. The topological polar surface area (TPSA) is 73.1 Å². The molecule has 0 saturated heterocycles. The van der Waals surface area contributed by atoms with Crippen LogP contribution in [-0.2, 0) is 5.41 Å². The smallest absolute Gasteiger partial charge is 0.251 e. The molecular formula is C17H22N2O2. The van der Waals surface area contributed by atoms with Crippen molar-refractivity contribution in [2.24, 2.45) is 5.92 Å². The van der Waals surface area contributed by atoms with E-state index in [4.69, 9.17) is 5.26 Å². The number of nitrogens with one attached hydrogen (secondary N) is 1. The van der Waals surface area contributed by atoms with E-state index >= 15 is 0 Å². The van der Waals surface area contributed by atoms with Crippen LogP contribution in [0.15, 0.2) is 24.3 Å². The van der Waals surface area contributed by atoms with Crippen molar-refractivity contribution in [2.45, 2.75) is 44.6 Å². The molecule has 1 amide bonds. The average molecular weight is 286 g/mol. The van der Waals surface area contributed by atoms with Crippen LogP contribution in [0.1, 0.15) is 49.0 Å². The first-order chi connectivity index (χ1) is 10.0. The van der Waals surface area contributed by atoms with Gasteiger partial charge in [-0.2, -0.15) is 5.26 Å². The number of hydrogen-bond acceptors (Lipinski definition) is 3. The Morgan fingerprint density at radius 3 is 2.52 bits per heavy atom. The number of aliphatic hydroxyl groups is 1. The van der Waals surface area contributed by atoms with Gasteiger partial charge in [-0.3, -0.25) is 4.79 Å². The van der Waals surface area contributed by atoms with E-state index in [9.17, 15) is 9.90 Å². The van der Waals surface area contributed by atoms with Gasteiger partial charge >= 0.3 is 0 Å². The highest BCUT2D eigenvalue weighted by Gasteiger charge is 2.44. The summed E-state index contributed by atoms with van der Waals surface area (Å²) < 4.78 is 0. The first-order valence-corrected chi connectivity index (χ1v) is 7.50. The van der Waals surface area contributed by atoms with Crippen molar-refractivity contribution in [3.63, 3.8) is 0 Å². The second-order valence-corrected chi connectivity index (χ2v) is 5.93. The lowest BCUT2D eigenvalue weighted by Gasteiger charge is -2.17. The number of aliphatic hydroxyl groups excluding tert-OH is 1. The summed E-state index contributed by atoms with van der Waals surface area (Å²) in [6.45, 7) is 4.23. The van der Waals surface area contributed by atoms with Crippen LogP contribution in [0.25, 0.3) is 0 Å². The Bertz CT molecular complexity index is 541. The summed E-state index contributed by atoms with van der Waals surface area (Å²) in [6.07, 6.45) is 2.15.